The van der Waals surface area contributed by atoms with Gasteiger partial charge < -0.3 is 5.73 Å². The van der Waals surface area contributed by atoms with Crippen molar-refractivity contribution >= 4 is 39.2 Å². The largest absolute Gasteiger partial charge is 0.369 e. The van der Waals surface area contributed by atoms with Crippen molar-refractivity contribution in [3.8, 4) is 0 Å². The molecule has 2 heterocycles. The van der Waals surface area contributed by atoms with Crippen LogP contribution in [0.4, 0.5) is 0 Å². The Balaban J connectivity index is 2.14. The Bertz CT molecular complexity index is 724. The number of aromatic nitrogens is 2. The van der Waals surface area contributed by atoms with Gasteiger partial charge in [0.15, 0.2) is 0 Å². The Hall–Kier alpha value is -1.14. The molecule has 0 aliphatic heterocycles. The van der Waals surface area contributed by atoms with Gasteiger partial charge in [-0.1, -0.05) is 32.5 Å². The van der Waals surface area contributed by atoms with Gasteiger partial charge in [-0.25, -0.2) is 9.97 Å². The minimum absolute atomic E-state index is 0.269. The minimum Gasteiger partial charge on any atom is -0.369 e. The standard InChI is InChI=1S/C16H21N3OS2/c1-8(2)14-18-15(21-7-12(17)20)13-10-5-4-9(3)6-11(10)22-16(13)19-14/h8-9H,4-7H2,1-3H3,(H2,17,20)/t9-/m1/s1. The van der Waals surface area contributed by atoms with Crippen LogP contribution in [-0.4, -0.2) is 21.6 Å². The lowest BCUT2D eigenvalue weighted by Gasteiger charge is -2.18. The van der Waals surface area contributed by atoms with Crippen LogP contribution in [0.5, 0.6) is 0 Å². The number of nitrogens with zero attached hydrogens (tertiary/aromatic N) is 2. The molecule has 6 heteroatoms. The van der Waals surface area contributed by atoms with Gasteiger partial charge in [0.05, 0.1) is 5.75 Å². The molecule has 1 atom stereocenters. The van der Waals surface area contributed by atoms with Gasteiger partial charge in [0.1, 0.15) is 15.7 Å². The predicted octanol–water partition coefficient (Wildman–Crippen LogP) is 3.52. The molecular weight excluding hydrogens is 314 g/mol. The van der Waals surface area contributed by atoms with Crippen molar-refractivity contribution in [2.24, 2.45) is 11.7 Å². The van der Waals surface area contributed by atoms with E-state index in [2.05, 4.69) is 20.8 Å². The third kappa shape index (κ3) is 2.99. The van der Waals surface area contributed by atoms with E-state index in [-0.39, 0.29) is 17.6 Å². The number of thiophene rings is 1. The van der Waals surface area contributed by atoms with E-state index >= 15 is 0 Å². The van der Waals surface area contributed by atoms with Crippen molar-refractivity contribution in [2.45, 2.75) is 51.0 Å². The maximum Gasteiger partial charge on any atom is 0.227 e. The fourth-order valence-electron chi connectivity index (χ4n) is 2.83. The number of hydrogen-bond donors (Lipinski definition) is 1. The smallest absolute Gasteiger partial charge is 0.227 e. The third-order valence-electron chi connectivity index (χ3n) is 4.01. The lowest BCUT2D eigenvalue weighted by molar-refractivity contribution is -0.115. The molecule has 0 saturated carbocycles. The first kappa shape index (κ1) is 15.7. The third-order valence-corrected chi connectivity index (χ3v) is 6.15. The van der Waals surface area contributed by atoms with E-state index in [1.165, 1.54) is 34.0 Å². The monoisotopic (exact) mass is 335 g/mol. The van der Waals surface area contributed by atoms with Crippen molar-refractivity contribution in [2.75, 3.05) is 5.75 Å². The van der Waals surface area contributed by atoms with E-state index in [1.54, 1.807) is 11.3 Å². The molecule has 0 radical (unpaired) electrons. The molecule has 118 valence electrons. The van der Waals surface area contributed by atoms with E-state index in [0.29, 0.717) is 0 Å². The van der Waals surface area contributed by atoms with Gasteiger partial charge in [0.2, 0.25) is 5.91 Å². The van der Waals surface area contributed by atoms with Gasteiger partial charge in [-0.3, -0.25) is 4.79 Å². The van der Waals surface area contributed by atoms with E-state index in [9.17, 15) is 4.79 Å². The van der Waals surface area contributed by atoms with Crippen molar-refractivity contribution in [3.05, 3.63) is 16.3 Å². The number of amides is 1. The number of nitrogens with two attached hydrogens (primary N) is 1. The van der Waals surface area contributed by atoms with Gasteiger partial charge in [0, 0.05) is 16.2 Å². The highest BCUT2D eigenvalue weighted by Gasteiger charge is 2.24. The first-order chi connectivity index (χ1) is 10.5. The predicted molar refractivity (Wildman–Crippen MR) is 92.6 cm³/mol. The summed E-state index contributed by atoms with van der Waals surface area (Å²) >= 11 is 3.25. The van der Waals surface area contributed by atoms with E-state index in [4.69, 9.17) is 15.7 Å². The molecule has 2 aromatic rings. The Labute approximate surface area is 138 Å². The number of thioether (sulfide) groups is 1. The summed E-state index contributed by atoms with van der Waals surface area (Å²) in [5.41, 5.74) is 6.72. The van der Waals surface area contributed by atoms with Crippen molar-refractivity contribution < 1.29 is 4.79 Å². The summed E-state index contributed by atoms with van der Waals surface area (Å²) in [6.07, 6.45) is 3.43. The van der Waals surface area contributed by atoms with Crippen LogP contribution in [0.2, 0.25) is 0 Å². The highest BCUT2D eigenvalue weighted by atomic mass is 32.2. The summed E-state index contributed by atoms with van der Waals surface area (Å²) in [6, 6.07) is 0. The highest BCUT2D eigenvalue weighted by molar-refractivity contribution is 8.00. The molecule has 0 saturated heterocycles. The first-order valence-electron chi connectivity index (χ1n) is 7.69. The second-order valence-corrected chi connectivity index (χ2v) is 8.38. The molecule has 0 bridgehead atoms. The molecule has 0 aromatic carbocycles. The average Bonchev–Trinajstić information content (AvgIpc) is 2.81. The van der Waals surface area contributed by atoms with E-state index in [0.717, 1.165) is 34.4 Å². The zero-order chi connectivity index (χ0) is 15.9. The molecule has 2 N–H and O–H groups in total. The maximum atomic E-state index is 11.2. The second kappa shape index (κ2) is 6.16. The SMILES string of the molecule is CC(C)c1nc(SCC(N)=O)c2c3c(sc2n1)C[C@H](C)CC3. The van der Waals surface area contributed by atoms with Gasteiger partial charge in [-0.15, -0.1) is 11.3 Å². The Morgan fingerprint density at radius 1 is 1.45 bits per heavy atom. The molecule has 0 spiro atoms. The molecular formula is C16H21N3OS2. The normalized spacial score (nSPS) is 17.9. The van der Waals surface area contributed by atoms with Crippen LogP contribution in [0.3, 0.4) is 0 Å². The summed E-state index contributed by atoms with van der Waals surface area (Å²) in [4.78, 5) is 23.2. The minimum atomic E-state index is -0.305. The second-order valence-electron chi connectivity index (χ2n) is 6.33. The Kier molecular flexibility index (Phi) is 4.41. The number of hydrogen-bond acceptors (Lipinski definition) is 5. The zero-order valence-corrected chi connectivity index (χ0v) is 14.8. The van der Waals surface area contributed by atoms with Crippen LogP contribution in [0.15, 0.2) is 5.03 Å². The lowest BCUT2D eigenvalue weighted by Crippen LogP contribution is -2.13. The van der Waals surface area contributed by atoms with Crippen molar-refractivity contribution in [3.63, 3.8) is 0 Å². The molecule has 0 unspecified atom stereocenters. The fourth-order valence-corrected chi connectivity index (χ4v) is 5.08. The quantitative estimate of drug-likeness (QED) is 0.685. The Morgan fingerprint density at radius 3 is 2.91 bits per heavy atom. The molecule has 2 aromatic heterocycles. The van der Waals surface area contributed by atoms with Crippen LogP contribution in [0.25, 0.3) is 10.2 Å². The van der Waals surface area contributed by atoms with Gasteiger partial charge in [-0.2, -0.15) is 0 Å². The molecule has 1 amide bonds. The number of primary amides is 1. The number of fused-ring (bicyclic) bond motifs is 3. The van der Waals surface area contributed by atoms with Gasteiger partial charge >= 0.3 is 0 Å². The van der Waals surface area contributed by atoms with Crippen LogP contribution in [-0.2, 0) is 17.6 Å². The van der Waals surface area contributed by atoms with Gasteiger partial charge in [0.25, 0.3) is 0 Å². The lowest BCUT2D eigenvalue weighted by atomic mass is 9.89. The van der Waals surface area contributed by atoms with Crippen LogP contribution in [0, 0.1) is 5.92 Å². The highest BCUT2D eigenvalue weighted by Crippen LogP contribution is 2.41. The van der Waals surface area contributed by atoms with E-state index < -0.39 is 0 Å². The van der Waals surface area contributed by atoms with Crippen LogP contribution >= 0.6 is 23.1 Å². The summed E-state index contributed by atoms with van der Waals surface area (Å²) in [7, 11) is 0. The first-order valence-corrected chi connectivity index (χ1v) is 9.49. The Morgan fingerprint density at radius 2 is 2.23 bits per heavy atom. The summed E-state index contributed by atoms with van der Waals surface area (Å²) in [6.45, 7) is 6.50. The van der Waals surface area contributed by atoms with Gasteiger partial charge in [-0.05, 0) is 30.7 Å². The average molecular weight is 335 g/mol. The van der Waals surface area contributed by atoms with E-state index in [1.807, 2.05) is 0 Å². The van der Waals surface area contributed by atoms with Crippen LogP contribution in [0.1, 0.15) is 49.4 Å². The molecule has 1 aliphatic carbocycles. The number of rotatable bonds is 4. The maximum absolute atomic E-state index is 11.2. The molecule has 22 heavy (non-hydrogen) atoms. The summed E-state index contributed by atoms with van der Waals surface area (Å²) < 4.78 is 0. The van der Waals surface area contributed by atoms with Crippen LogP contribution < -0.4 is 5.73 Å². The molecule has 1 aliphatic rings. The number of aryl methyl sites for hydroxylation is 1. The topological polar surface area (TPSA) is 68.9 Å². The molecule has 3 rings (SSSR count). The summed E-state index contributed by atoms with van der Waals surface area (Å²) in [5.74, 6) is 1.83. The molecule has 0 fully saturated rings. The van der Waals surface area contributed by atoms with Crippen molar-refractivity contribution in [1.82, 2.24) is 9.97 Å². The fraction of sp³-hybridized carbons (Fsp3) is 0.562. The summed E-state index contributed by atoms with van der Waals surface area (Å²) in [5, 5.41) is 2.10. The molecule has 4 nitrogen and oxygen atoms in total. The van der Waals surface area contributed by atoms with Crippen molar-refractivity contribution in [1.29, 1.82) is 0 Å². The number of carbonyl (C=O) groups is 1. The number of carbonyl (C=O) groups excluding carboxylic acids is 1. The zero-order valence-electron chi connectivity index (χ0n) is 13.2.